The van der Waals surface area contributed by atoms with Crippen molar-refractivity contribution in [1.82, 2.24) is 9.91 Å². The summed E-state index contributed by atoms with van der Waals surface area (Å²) in [6.07, 6.45) is -3.99. The maximum atomic E-state index is 13.5. The highest BCUT2D eigenvalue weighted by molar-refractivity contribution is 6.06. The van der Waals surface area contributed by atoms with Gasteiger partial charge in [0.25, 0.3) is 0 Å². The fourth-order valence-electron chi connectivity index (χ4n) is 3.29. The molecule has 2 rings (SSSR count). The third-order valence-electron chi connectivity index (χ3n) is 4.64. The molecule has 26 heavy (non-hydrogen) atoms. The first-order valence-corrected chi connectivity index (χ1v) is 8.71. The van der Waals surface area contributed by atoms with Crippen molar-refractivity contribution in [3.8, 4) is 0 Å². The van der Waals surface area contributed by atoms with Crippen LogP contribution in [-0.2, 0) is 9.53 Å². The van der Waals surface area contributed by atoms with Crippen molar-refractivity contribution >= 4 is 17.7 Å². The number of hydrazone groups is 1. The number of hydrogen-bond donors (Lipinski definition) is 0. The predicted octanol–water partition coefficient (Wildman–Crippen LogP) is 3.56. The number of carbonyl (C=O) groups is 2. The first-order valence-electron chi connectivity index (χ1n) is 8.71. The van der Waals surface area contributed by atoms with Gasteiger partial charge in [0.1, 0.15) is 5.60 Å². The molecule has 0 aromatic carbocycles. The van der Waals surface area contributed by atoms with E-state index in [2.05, 4.69) is 5.10 Å². The topological polar surface area (TPSA) is 62.2 Å². The summed E-state index contributed by atoms with van der Waals surface area (Å²) in [4.78, 5) is 25.4. The van der Waals surface area contributed by atoms with Gasteiger partial charge in [0, 0.05) is 7.05 Å². The number of carbonyl (C=O) groups excluding carboxylic acids is 2. The van der Waals surface area contributed by atoms with Crippen molar-refractivity contribution in [1.29, 1.82) is 0 Å². The van der Waals surface area contributed by atoms with Gasteiger partial charge in [0.15, 0.2) is 0 Å². The Morgan fingerprint density at radius 3 is 2.35 bits per heavy atom. The highest BCUT2D eigenvalue weighted by Crippen LogP contribution is 2.51. The van der Waals surface area contributed by atoms with Crippen LogP contribution in [0.15, 0.2) is 5.10 Å². The van der Waals surface area contributed by atoms with Gasteiger partial charge in [-0.3, -0.25) is 4.79 Å². The van der Waals surface area contributed by atoms with E-state index >= 15 is 0 Å². The third-order valence-corrected chi connectivity index (χ3v) is 4.64. The number of alkyl halides is 3. The molecule has 0 bridgehead atoms. The molecule has 2 amide bonds. The fraction of sp³-hybridized carbons (Fsp3) is 0.824. The Bertz CT molecular complexity index is 590. The average Bonchev–Trinajstić information content (AvgIpc) is 3.05. The monoisotopic (exact) mass is 377 g/mol. The Kier molecular flexibility index (Phi) is 5.58. The highest BCUT2D eigenvalue weighted by atomic mass is 19.4. The van der Waals surface area contributed by atoms with Gasteiger partial charge in [-0.25, -0.2) is 9.80 Å². The molecule has 2 aliphatic rings. The molecule has 0 aromatic heterocycles. The summed E-state index contributed by atoms with van der Waals surface area (Å²) in [5, 5.41) is 4.99. The minimum Gasteiger partial charge on any atom is -0.444 e. The van der Waals surface area contributed by atoms with E-state index in [0.29, 0.717) is 18.6 Å². The van der Waals surface area contributed by atoms with Crippen molar-refractivity contribution in [2.24, 2.45) is 10.5 Å². The summed E-state index contributed by atoms with van der Waals surface area (Å²) in [7, 11) is 1.50. The molecule has 0 unspecified atom stereocenters. The Morgan fingerprint density at radius 1 is 1.27 bits per heavy atom. The Labute approximate surface area is 151 Å². The zero-order valence-electron chi connectivity index (χ0n) is 15.7. The van der Waals surface area contributed by atoms with E-state index in [-0.39, 0.29) is 25.8 Å². The van der Waals surface area contributed by atoms with Gasteiger partial charge in [0.05, 0.1) is 30.6 Å². The molecule has 1 aliphatic carbocycles. The number of amides is 2. The standard InChI is InChI=1S/C17H26F3N3O3/c1-15(2,3)26-14(25)22(4)10-12-9-13(24)23(21-12)11-16(17(18,19)20)7-5-6-8-16/h5-11H2,1-4H3. The van der Waals surface area contributed by atoms with Gasteiger partial charge in [-0.2, -0.15) is 18.3 Å². The zero-order valence-corrected chi connectivity index (χ0v) is 15.7. The summed E-state index contributed by atoms with van der Waals surface area (Å²) in [5.41, 5.74) is -2.18. The average molecular weight is 377 g/mol. The Balaban J connectivity index is 2.03. The van der Waals surface area contributed by atoms with Crippen LogP contribution in [0.3, 0.4) is 0 Å². The predicted molar refractivity (Wildman–Crippen MR) is 89.6 cm³/mol. The van der Waals surface area contributed by atoms with Crippen molar-refractivity contribution in [3.63, 3.8) is 0 Å². The van der Waals surface area contributed by atoms with Crippen molar-refractivity contribution in [3.05, 3.63) is 0 Å². The minimum atomic E-state index is -4.37. The van der Waals surface area contributed by atoms with Crippen LogP contribution in [-0.4, -0.2) is 59.5 Å². The summed E-state index contributed by atoms with van der Waals surface area (Å²) in [5.74, 6) is -0.465. The second-order valence-corrected chi connectivity index (χ2v) is 8.12. The maximum absolute atomic E-state index is 13.5. The lowest BCUT2D eigenvalue weighted by molar-refractivity contribution is -0.227. The Morgan fingerprint density at radius 2 is 1.85 bits per heavy atom. The number of ether oxygens (including phenoxy) is 1. The van der Waals surface area contributed by atoms with E-state index in [1.165, 1.54) is 11.9 Å². The zero-order chi connectivity index (χ0) is 19.8. The largest absolute Gasteiger partial charge is 0.444 e. The SMILES string of the molecule is CN(CC1=NN(CC2(C(F)(F)F)CCCC2)C(=O)C1)C(=O)OC(C)(C)C. The lowest BCUT2D eigenvalue weighted by atomic mass is 9.85. The van der Waals surface area contributed by atoms with Crippen LogP contribution >= 0.6 is 0 Å². The van der Waals surface area contributed by atoms with Crippen molar-refractivity contribution < 1.29 is 27.5 Å². The molecule has 0 N–H and O–H groups in total. The summed E-state index contributed by atoms with van der Waals surface area (Å²) in [6.45, 7) is 4.78. The van der Waals surface area contributed by atoms with Crippen LogP contribution in [0.2, 0.25) is 0 Å². The van der Waals surface area contributed by atoms with E-state index in [1.807, 2.05) is 0 Å². The first-order chi connectivity index (χ1) is 11.8. The van der Waals surface area contributed by atoms with E-state index in [0.717, 1.165) is 5.01 Å². The first kappa shape index (κ1) is 20.5. The molecular weight excluding hydrogens is 351 g/mol. The van der Waals surface area contributed by atoms with E-state index in [4.69, 9.17) is 4.74 Å². The van der Waals surface area contributed by atoms with Gasteiger partial charge < -0.3 is 9.64 Å². The van der Waals surface area contributed by atoms with Crippen LogP contribution < -0.4 is 0 Å². The highest BCUT2D eigenvalue weighted by Gasteiger charge is 2.57. The maximum Gasteiger partial charge on any atom is 0.410 e. The number of hydrogen-bond acceptors (Lipinski definition) is 4. The molecule has 1 aliphatic heterocycles. The molecule has 148 valence electrons. The number of rotatable bonds is 4. The third kappa shape index (κ3) is 4.67. The van der Waals surface area contributed by atoms with Crippen LogP contribution in [0.5, 0.6) is 0 Å². The molecule has 9 heteroatoms. The summed E-state index contributed by atoms with van der Waals surface area (Å²) < 4.78 is 45.8. The van der Waals surface area contributed by atoms with Gasteiger partial charge in [0.2, 0.25) is 5.91 Å². The normalized spacial score (nSPS) is 20.3. The molecule has 1 fully saturated rings. The van der Waals surface area contributed by atoms with Gasteiger partial charge in [-0.1, -0.05) is 12.8 Å². The fourth-order valence-corrected chi connectivity index (χ4v) is 3.29. The van der Waals surface area contributed by atoms with Crippen molar-refractivity contribution in [2.45, 2.75) is 64.7 Å². The number of nitrogens with zero attached hydrogens (tertiary/aromatic N) is 3. The molecule has 0 saturated heterocycles. The molecule has 1 saturated carbocycles. The van der Waals surface area contributed by atoms with Gasteiger partial charge in [-0.05, 0) is 33.6 Å². The Hall–Kier alpha value is -1.80. The van der Waals surface area contributed by atoms with Crippen LogP contribution in [0.25, 0.3) is 0 Å². The summed E-state index contributed by atoms with van der Waals surface area (Å²) in [6, 6.07) is 0. The molecule has 0 radical (unpaired) electrons. The molecular formula is C17H26F3N3O3. The number of halogens is 3. The molecule has 0 spiro atoms. The lowest BCUT2D eigenvalue weighted by Crippen LogP contribution is -2.45. The van der Waals surface area contributed by atoms with Crippen LogP contribution in [0.1, 0.15) is 52.9 Å². The summed E-state index contributed by atoms with van der Waals surface area (Å²) >= 11 is 0. The molecule has 0 aromatic rings. The van der Waals surface area contributed by atoms with Crippen LogP contribution in [0, 0.1) is 5.41 Å². The minimum absolute atomic E-state index is 0.0168. The second kappa shape index (κ2) is 7.08. The smallest absolute Gasteiger partial charge is 0.410 e. The van der Waals surface area contributed by atoms with Gasteiger partial charge in [-0.15, -0.1) is 0 Å². The van der Waals surface area contributed by atoms with E-state index < -0.39 is 35.7 Å². The van der Waals surface area contributed by atoms with E-state index in [1.54, 1.807) is 20.8 Å². The van der Waals surface area contributed by atoms with Crippen LogP contribution in [0.4, 0.5) is 18.0 Å². The second-order valence-electron chi connectivity index (χ2n) is 8.12. The molecule has 1 heterocycles. The molecule has 6 nitrogen and oxygen atoms in total. The lowest BCUT2D eigenvalue weighted by Gasteiger charge is -2.33. The molecule has 0 atom stereocenters. The van der Waals surface area contributed by atoms with Crippen molar-refractivity contribution in [2.75, 3.05) is 20.1 Å². The quantitative estimate of drug-likeness (QED) is 0.753. The van der Waals surface area contributed by atoms with E-state index in [9.17, 15) is 22.8 Å². The van der Waals surface area contributed by atoms with Gasteiger partial charge >= 0.3 is 12.3 Å².